The molecule has 3 rings (SSSR count). The highest BCUT2D eigenvalue weighted by Crippen LogP contribution is 2.29. The minimum absolute atomic E-state index is 0.0394. The van der Waals surface area contributed by atoms with Crippen LogP contribution in [-0.2, 0) is 15.8 Å². The normalized spacial score (nSPS) is 20.9. The molecule has 28 heavy (non-hydrogen) atoms. The van der Waals surface area contributed by atoms with Crippen molar-refractivity contribution in [3.63, 3.8) is 0 Å². The van der Waals surface area contributed by atoms with Crippen LogP contribution in [0, 0.1) is 0 Å². The number of rotatable bonds is 4. The van der Waals surface area contributed by atoms with Gasteiger partial charge in [0.25, 0.3) is 0 Å². The van der Waals surface area contributed by atoms with Crippen LogP contribution in [0.4, 0.5) is 13.2 Å². The lowest BCUT2D eigenvalue weighted by atomic mass is 10.0. The van der Waals surface area contributed by atoms with E-state index in [2.05, 4.69) is 20.9 Å². The molecule has 3 unspecified atom stereocenters. The molecule has 0 bridgehead atoms. The highest BCUT2D eigenvalue weighted by atomic mass is 19.4. The van der Waals surface area contributed by atoms with Crippen LogP contribution < -0.4 is 16.0 Å². The van der Waals surface area contributed by atoms with Crippen molar-refractivity contribution in [3.05, 3.63) is 65.5 Å². The summed E-state index contributed by atoms with van der Waals surface area (Å²) in [7, 11) is 0. The number of nitrogens with one attached hydrogen (secondary N) is 3. The topological polar surface area (TPSA) is 83.1 Å². The molecule has 1 aromatic carbocycles. The average Bonchev–Trinajstić information content (AvgIpc) is 2.67. The first-order valence-electron chi connectivity index (χ1n) is 8.68. The third-order valence-corrected chi connectivity index (χ3v) is 4.43. The van der Waals surface area contributed by atoms with Crippen LogP contribution in [0.2, 0.25) is 0 Å². The van der Waals surface area contributed by atoms with E-state index in [1.54, 1.807) is 6.92 Å². The lowest BCUT2D eigenvalue weighted by Gasteiger charge is -2.31. The van der Waals surface area contributed by atoms with Crippen molar-refractivity contribution < 1.29 is 22.8 Å². The molecule has 2 heterocycles. The highest BCUT2D eigenvalue weighted by molar-refractivity contribution is 5.89. The number of alkyl halides is 3. The van der Waals surface area contributed by atoms with Gasteiger partial charge in [-0.15, -0.1) is 0 Å². The van der Waals surface area contributed by atoms with Gasteiger partial charge in [-0.25, -0.2) is 0 Å². The third-order valence-electron chi connectivity index (χ3n) is 4.43. The zero-order chi connectivity index (χ0) is 20.3. The Balaban J connectivity index is 1.65. The quantitative estimate of drug-likeness (QED) is 0.747. The Morgan fingerprint density at radius 3 is 2.54 bits per heavy atom. The van der Waals surface area contributed by atoms with E-state index in [-0.39, 0.29) is 12.3 Å². The van der Waals surface area contributed by atoms with E-state index in [1.165, 1.54) is 6.07 Å². The van der Waals surface area contributed by atoms with Crippen molar-refractivity contribution in [3.8, 4) is 0 Å². The van der Waals surface area contributed by atoms with E-state index in [9.17, 15) is 22.8 Å². The van der Waals surface area contributed by atoms with Crippen LogP contribution in [0.15, 0.2) is 48.7 Å². The van der Waals surface area contributed by atoms with Crippen molar-refractivity contribution in [2.24, 2.45) is 0 Å². The van der Waals surface area contributed by atoms with Gasteiger partial charge in [0.2, 0.25) is 11.8 Å². The number of carbonyl (C=O) groups excluding carboxylic acids is 2. The van der Waals surface area contributed by atoms with Crippen LogP contribution in [0.3, 0.4) is 0 Å². The molecule has 1 aromatic heterocycles. The molecule has 2 aromatic rings. The van der Waals surface area contributed by atoms with E-state index < -0.39 is 35.9 Å². The van der Waals surface area contributed by atoms with Crippen molar-refractivity contribution >= 4 is 11.8 Å². The maximum atomic E-state index is 12.6. The van der Waals surface area contributed by atoms with Crippen molar-refractivity contribution in [1.29, 1.82) is 0 Å². The Morgan fingerprint density at radius 2 is 1.93 bits per heavy atom. The van der Waals surface area contributed by atoms with E-state index in [4.69, 9.17) is 0 Å². The van der Waals surface area contributed by atoms with E-state index in [0.29, 0.717) is 5.69 Å². The lowest BCUT2D eigenvalue weighted by molar-refractivity contribution is -0.137. The van der Waals surface area contributed by atoms with Gasteiger partial charge in [-0.3, -0.25) is 19.9 Å². The monoisotopic (exact) mass is 392 g/mol. The minimum atomic E-state index is -4.47. The fourth-order valence-electron chi connectivity index (χ4n) is 2.92. The molecular formula is C19H19F3N4O2. The van der Waals surface area contributed by atoms with Crippen LogP contribution in [0.25, 0.3) is 0 Å². The molecule has 148 valence electrons. The van der Waals surface area contributed by atoms with Crippen LogP contribution in [0.5, 0.6) is 0 Å². The van der Waals surface area contributed by atoms with Crippen LogP contribution in [-0.4, -0.2) is 22.8 Å². The zero-order valence-electron chi connectivity index (χ0n) is 15.0. The number of aromatic nitrogens is 1. The second-order valence-corrected chi connectivity index (χ2v) is 6.53. The summed E-state index contributed by atoms with van der Waals surface area (Å²) in [4.78, 5) is 28.4. The molecule has 6 nitrogen and oxygen atoms in total. The molecule has 0 saturated carbocycles. The van der Waals surface area contributed by atoms with Gasteiger partial charge < -0.3 is 10.6 Å². The second kappa shape index (κ2) is 7.97. The molecule has 1 fully saturated rings. The maximum Gasteiger partial charge on any atom is 0.417 e. The molecule has 9 heteroatoms. The molecule has 1 aliphatic heterocycles. The van der Waals surface area contributed by atoms with E-state index in [0.717, 1.165) is 17.8 Å². The van der Waals surface area contributed by atoms with E-state index in [1.807, 2.05) is 30.3 Å². The van der Waals surface area contributed by atoms with Gasteiger partial charge in [-0.2, -0.15) is 13.2 Å². The van der Waals surface area contributed by atoms with Crippen molar-refractivity contribution in [1.82, 2.24) is 20.9 Å². The van der Waals surface area contributed by atoms with Crippen molar-refractivity contribution in [2.45, 2.75) is 37.8 Å². The summed E-state index contributed by atoms with van der Waals surface area (Å²) in [5, 5.41) is 8.54. The number of nitrogens with zero attached hydrogens (tertiary/aromatic N) is 1. The summed E-state index contributed by atoms with van der Waals surface area (Å²) in [6, 6.07) is 9.91. The summed E-state index contributed by atoms with van der Waals surface area (Å²) in [6.07, 6.45) is -4.28. The third kappa shape index (κ3) is 4.66. The number of hydrogen-bond acceptors (Lipinski definition) is 4. The van der Waals surface area contributed by atoms with Gasteiger partial charge in [-0.05, 0) is 24.6 Å². The smallest absolute Gasteiger partial charge is 0.347 e. The Bertz CT molecular complexity index is 841. The van der Waals surface area contributed by atoms with Crippen molar-refractivity contribution in [2.75, 3.05) is 0 Å². The Hall–Kier alpha value is -2.94. The molecule has 0 aliphatic carbocycles. The molecule has 1 aliphatic rings. The van der Waals surface area contributed by atoms with Gasteiger partial charge in [0.05, 0.1) is 29.8 Å². The molecule has 2 amide bonds. The molecule has 0 radical (unpaired) electrons. The number of halogens is 3. The number of benzene rings is 1. The fourth-order valence-corrected chi connectivity index (χ4v) is 2.92. The first-order valence-corrected chi connectivity index (χ1v) is 8.68. The molecule has 0 spiro atoms. The summed E-state index contributed by atoms with van der Waals surface area (Å²) >= 11 is 0. The SMILES string of the molecule is CC(NC(=O)C1CC(=O)NC(c2ccccc2)N1)c1ccc(C(F)(F)F)cn1. The molecule has 3 atom stereocenters. The molecule has 3 N–H and O–H groups in total. The minimum Gasteiger partial charge on any atom is -0.347 e. The summed E-state index contributed by atoms with van der Waals surface area (Å²) in [5.74, 6) is -0.696. The second-order valence-electron chi connectivity index (χ2n) is 6.53. The van der Waals surface area contributed by atoms with Crippen LogP contribution in [0.1, 0.15) is 42.4 Å². The summed E-state index contributed by atoms with van der Waals surface area (Å²) in [5.41, 5.74) is 0.248. The van der Waals surface area contributed by atoms with Gasteiger partial charge >= 0.3 is 6.18 Å². The zero-order valence-corrected chi connectivity index (χ0v) is 15.0. The molecular weight excluding hydrogens is 373 g/mol. The Morgan fingerprint density at radius 1 is 1.21 bits per heavy atom. The fraction of sp³-hybridized carbons (Fsp3) is 0.316. The summed E-state index contributed by atoms with van der Waals surface area (Å²) in [6.45, 7) is 1.62. The predicted octanol–water partition coefficient (Wildman–Crippen LogP) is 2.45. The number of amides is 2. The summed E-state index contributed by atoms with van der Waals surface area (Å²) < 4.78 is 37.9. The standard InChI is InChI=1S/C19H19F3N4O2/c1-11(14-8-7-13(10-23-14)19(20,21)22)24-18(28)15-9-16(27)26-17(25-15)12-5-3-2-4-6-12/h2-8,10-11,15,17,25H,9H2,1H3,(H,24,28)(H,26,27). The average molecular weight is 392 g/mol. The lowest BCUT2D eigenvalue weighted by Crippen LogP contribution is -2.56. The van der Waals surface area contributed by atoms with Crippen LogP contribution >= 0.6 is 0 Å². The Kier molecular flexibility index (Phi) is 5.64. The van der Waals surface area contributed by atoms with Gasteiger partial charge in [0.1, 0.15) is 6.17 Å². The predicted molar refractivity (Wildman–Crippen MR) is 94.7 cm³/mol. The maximum absolute atomic E-state index is 12.6. The number of hydrogen-bond donors (Lipinski definition) is 3. The molecule has 1 saturated heterocycles. The van der Waals surface area contributed by atoms with Gasteiger partial charge in [0.15, 0.2) is 0 Å². The van der Waals surface area contributed by atoms with Gasteiger partial charge in [-0.1, -0.05) is 30.3 Å². The number of carbonyl (C=O) groups is 2. The largest absolute Gasteiger partial charge is 0.417 e. The first kappa shape index (κ1) is 19.8. The first-order chi connectivity index (χ1) is 13.2. The van der Waals surface area contributed by atoms with E-state index >= 15 is 0 Å². The van der Waals surface area contributed by atoms with Gasteiger partial charge in [0, 0.05) is 6.20 Å². The Labute approximate surface area is 159 Å². The number of pyridine rings is 1. The highest BCUT2D eigenvalue weighted by Gasteiger charge is 2.33.